The van der Waals surface area contributed by atoms with Gasteiger partial charge in [-0.1, -0.05) is 0 Å². The first-order chi connectivity index (χ1) is 12.7. The molecule has 7 nitrogen and oxygen atoms in total. The van der Waals surface area contributed by atoms with Gasteiger partial charge in [0.15, 0.2) is 0 Å². The first-order valence-corrected chi connectivity index (χ1v) is 7.78. The number of nitrogens with zero attached hydrogens (tertiary/aromatic N) is 2. The molecule has 10 heteroatoms. The lowest BCUT2D eigenvalue weighted by Gasteiger charge is -2.19. The molecular formula is C17H12F3N3O4. The van der Waals surface area contributed by atoms with E-state index in [9.17, 15) is 27.6 Å². The minimum Gasteiger partial charge on any atom is -0.430 e. The van der Waals surface area contributed by atoms with Gasteiger partial charge < -0.3 is 14.6 Å². The number of benzene rings is 1. The molecule has 0 unspecified atom stereocenters. The van der Waals surface area contributed by atoms with Crippen molar-refractivity contribution in [2.75, 3.05) is 13.1 Å². The van der Waals surface area contributed by atoms with Crippen molar-refractivity contribution >= 4 is 22.6 Å². The van der Waals surface area contributed by atoms with E-state index < -0.39 is 54.7 Å². The Hall–Kier alpha value is -3.35. The molecule has 1 aliphatic rings. The van der Waals surface area contributed by atoms with Crippen LogP contribution in [-0.2, 0) is 4.79 Å². The SMILES string of the molecule is N#C[C@@H]1CC(F)(F)CN1C(=O)CNC(=O)c1coc(=O)c2ccc(F)cc12. The molecule has 2 heterocycles. The highest BCUT2D eigenvalue weighted by molar-refractivity contribution is 6.07. The van der Waals surface area contributed by atoms with Crippen molar-refractivity contribution in [1.29, 1.82) is 5.26 Å². The van der Waals surface area contributed by atoms with Crippen LogP contribution in [0.5, 0.6) is 0 Å². The summed E-state index contributed by atoms with van der Waals surface area (Å²) in [5.41, 5.74) is -0.964. The van der Waals surface area contributed by atoms with Crippen LogP contribution in [0.25, 0.3) is 10.8 Å². The number of hydrogen-bond acceptors (Lipinski definition) is 5. The number of halogens is 3. The molecule has 2 aromatic rings. The predicted octanol–water partition coefficient (Wildman–Crippen LogP) is 1.42. The minimum absolute atomic E-state index is 0.0150. The average Bonchev–Trinajstić information content (AvgIpc) is 2.94. The lowest BCUT2D eigenvalue weighted by Crippen LogP contribution is -2.43. The molecular weight excluding hydrogens is 367 g/mol. The van der Waals surface area contributed by atoms with E-state index in [1.54, 1.807) is 6.07 Å². The van der Waals surface area contributed by atoms with Crippen LogP contribution in [0.15, 0.2) is 33.7 Å². The molecule has 140 valence electrons. The molecule has 2 amide bonds. The second-order valence-electron chi connectivity index (χ2n) is 6.04. The highest BCUT2D eigenvalue weighted by Crippen LogP contribution is 2.31. The molecule has 1 fully saturated rings. The lowest BCUT2D eigenvalue weighted by atomic mass is 10.1. The molecule has 1 aromatic carbocycles. The van der Waals surface area contributed by atoms with Crippen LogP contribution < -0.4 is 10.9 Å². The molecule has 1 atom stereocenters. The fourth-order valence-electron chi connectivity index (χ4n) is 2.88. The monoisotopic (exact) mass is 379 g/mol. The van der Waals surface area contributed by atoms with E-state index in [-0.39, 0.29) is 16.3 Å². The molecule has 0 spiro atoms. The highest BCUT2D eigenvalue weighted by Gasteiger charge is 2.47. The summed E-state index contributed by atoms with van der Waals surface area (Å²) in [7, 11) is 0. The highest BCUT2D eigenvalue weighted by atomic mass is 19.3. The van der Waals surface area contributed by atoms with Gasteiger partial charge >= 0.3 is 5.63 Å². The van der Waals surface area contributed by atoms with E-state index >= 15 is 0 Å². The molecule has 0 saturated carbocycles. The summed E-state index contributed by atoms with van der Waals surface area (Å²) in [5, 5.41) is 11.1. The molecule has 1 saturated heterocycles. The van der Waals surface area contributed by atoms with Gasteiger partial charge in [-0.3, -0.25) is 9.59 Å². The van der Waals surface area contributed by atoms with Crippen LogP contribution in [0.3, 0.4) is 0 Å². The third-order valence-electron chi connectivity index (χ3n) is 4.16. The fourth-order valence-corrected chi connectivity index (χ4v) is 2.88. The maximum absolute atomic E-state index is 13.5. The van der Waals surface area contributed by atoms with Crippen LogP contribution >= 0.6 is 0 Å². The van der Waals surface area contributed by atoms with E-state index in [1.807, 2.05) is 0 Å². The smallest absolute Gasteiger partial charge is 0.343 e. The second-order valence-corrected chi connectivity index (χ2v) is 6.04. The molecule has 0 aliphatic carbocycles. The molecule has 27 heavy (non-hydrogen) atoms. The van der Waals surface area contributed by atoms with E-state index in [0.29, 0.717) is 4.90 Å². The fraction of sp³-hybridized carbons (Fsp3) is 0.294. The van der Waals surface area contributed by atoms with Gasteiger partial charge in [0.05, 0.1) is 30.1 Å². The summed E-state index contributed by atoms with van der Waals surface area (Å²) in [6.45, 7) is -1.56. The Morgan fingerprint density at radius 3 is 2.81 bits per heavy atom. The molecule has 1 aromatic heterocycles. The normalized spacial score (nSPS) is 18.3. The minimum atomic E-state index is -3.17. The third-order valence-corrected chi connectivity index (χ3v) is 4.16. The van der Waals surface area contributed by atoms with Crippen LogP contribution in [-0.4, -0.2) is 41.8 Å². The molecule has 0 radical (unpaired) electrons. The number of hydrogen-bond donors (Lipinski definition) is 1. The van der Waals surface area contributed by atoms with Gasteiger partial charge in [-0.05, 0) is 18.2 Å². The Morgan fingerprint density at radius 2 is 2.11 bits per heavy atom. The Bertz CT molecular complexity index is 1030. The van der Waals surface area contributed by atoms with Crippen molar-refractivity contribution < 1.29 is 27.2 Å². The van der Waals surface area contributed by atoms with E-state index in [2.05, 4.69) is 5.32 Å². The first-order valence-electron chi connectivity index (χ1n) is 7.78. The van der Waals surface area contributed by atoms with Crippen LogP contribution in [0.1, 0.15) is 16.8 Å². The number of rotatable bonds is 3. The number of fused-ring (bicyclic) bond motifs is 1. The maximum Gasteiger partial charge on any atom is 0.343 e. The third kappa shape index (κ3) is 3.62. The number of alkyl halides is 2. The van der Waals surface area contributed by atoms with E-state index in [0.717, 1.165) is 24.5 Å². The Balaban J connectivity index is 1.77. The van der Waals surface area contributed by atoms with Gasteiger partial charge in [-0.15, -0.1) is 0 Å². The topological polar surface area (TPSA) is 103 Å². The Morgan fingerprint density at radius 1 is 1.37 bits per heavy atom. The van der Waals surface area contributed by atoms with Gasteiger partial charge in [0.1, 0.15) is 18.1 Å². The number of likely N-dealkylation sites (tertiary alicyclic amines) is 1. The summed E-state index contributed by atoms with van der Waals surface area (Å²) in [5.74, 6) is -5.58. The predicted molar refractivity (Wildman–Crippen MR) is 85.5 cm³/mol. The molecule has 1 N–H and O–H groups in total. The zero-order chi connectivity index (χ0) is 19.8. The van der Waals surface area contributed by atoms with Gasteiger partial charge in [0, 0.05) is 11.8 Å². The van der Waals surface area contributed by atoms with E-state index in [4.69, 9.17) is 9.68 Å². The summed E-state index contributed by atoms with van der Waals surface area (Å²) >= 11 is 0. The van der Waals surface area contributed by atoms with Crippen molar-refractivity contribution in [3.8, 4) is 6.07 Å². The quantitative estimate of drug-likeness (QED) is 0.869. The lowest BCUT2D eigenvalue weighted by molar-refractivity contribution is -0.131. The van der Waals surface area contributed by atoms with Crippen molar-refractivity contribution in [2.24, 2.45) is 0 Å². The van der Waals surface area contributed by atoms with Gasteiger partial charge in [0.2, 0.25) is 5.91 Å². The Kier molecular flexibility index (Phi) is 4.61. The Labute approximate surface area is 150 Å². The van der Waals surface area contributed by atoms with Gasteiger partial charge in [0.25, 0.3) is 11.8 Å². The summed E-state index contributed by atoms with van der Waals surface area (Å²) < 4.78 is 45.0. The van der Waals surface area contributed by atoms with Crippen molar-refractivity contribution in [3.05, 3.63) is 46.3 Å². The number of carbonyl (C=O) groups excluding carboxylic acids is 2. The number of carbonyl (C=O) groups is 2. The number of nitrogens with one attached hydrogen (secondary N) is 1. The number of amides is 2. The first kappa shape index (κ1) is 18.4. The molecule has 1 aliphatic heterocycles. The van der Waals surface area contributed by atoms with Crippen LogP contribution in [0.4, 0.5) is 13.2 Å². The largest absolute Gasteiger partial charge is 0.430 e. The van der Waals surface area contributed by atoms with Crippen molar-refractivity contribution in [3.63, 3.8) is 0 Å². The maximum atomic E-state index is 13.5. The van der Waals surface area contributed by atoms with Crippen LogP contribution in [0, 0.1) is 17.1 Å². The number of nitriles is 1. The zero-order valence-electron chi connectivity index (χ0n) is 13.7. The van der Waals surface area contributed by atoms with E-state index in [1.165, 1.54) is 0 Å². The van der Waals surface area contributed by atoms with Crippen molar-refractivity contribution in [2.45, 2.75) is 18.4 Å². The zero-order valence-corrected chi connectivity index (χ0v) is 13.7. The molecule has 3 rings (SSSR count). The summed E-state index contributed by atoms with van der Waals surface area (Å²) in [6.07, 6.45) is 0.0585. The van der Waals surface area contributed by atoms with Crippen molar-refractivity contribution in [1.82, 2.24) is 10.2 Å². The summed E-state index contributed by atoms with van der Waals surface area (Å²) in [4.78, 5) is 36.8. The van der Waals surface area contributed by atoms with Gasteiger partial charge in [-0.2, -0.15) is 5.26 Å². The standard InChI is InChI=1S/C17H12F3N3O4/c18-9-1-2-11-12(3-9)13(7-27-16(11)26)15(25)22-6-14(24)23-8-17(19,20)4-10(23)5-21/h1-3,7,10H,4,6,8H2,(H,22,25)/t10-/m0/s1. The second kappa shape index (κ2) is 6.75. The summed E-state index contributed by atoms with van der Waals surface area (Å²) in [6, 6.07) is 3.50. The average molecular weight is 379 g/mol. The van der Waals surface area contributed by atoms with Gasteiger partial charge in [-0.25, -0.2) is 18.0 Å². The molecule has 0 bridgehead atoms. The van der Waals surface area contributed by atoms with Crippen LogP contribution in [0.2, 0.25) is 0 Å².